The minimum Gasteiger partial charge on any atom is -0.493 e. The van der Waals surface area contributed by atoms with Gasteiger partial charge in [0.15, 0.2) is 6.10 Å². The van der Waals surface area contributed by atoms with Crippen molar-refractivity contribution in [2.24, 2.45) is 33.9 Å². The summed E-state index contributed by atoms with van der Waals surface area (Å²) < 4.78 is 60.7. The van der Waals surface area contributed by atoms with E-state index in [4.69, 9.17) is 57.2 Å². The summed E-state index contributed by atoms with van der Waals surface area (Å²) in [7, 11) is 0. The Morgan fingerprint density at radius 3 is 1.64 bits per heavy atom. The molecule has 6 atom stereocenters. The predicted octanol–water partition coefficient (Wildman–Crippen LogP) is 9.14. The number of unbranched alkanes of at least 4 members (excludes halogenated alkanes) is 2. The van der Waals surface area contributed by atoms with E-state index >= 15 is 0 Å². The first kappa shape index (κ1) is 65.9. The van der Waals surface area contributed by atoms with Gasteiger partial charge in [-0.25, -0.2) is 28.8 Å². The lowest BCUT2D eigenvalue weighted by Gasteiger charge is -2.20. The summed E-state index contributed by atoms with van der Waals surface area (Å²) >= 11 is 0. The number of carbonyl (C=O) groups is 7. The molecule has 0 heterocycles. The van der Waals surface area contributed by atoms with Crippen LogP contribution in [-0.4, -0.2) is 132 Å². The van der Waals surface area contributed by atoms with Gasteiger partial charge in [-0.1, -0.05) is 81.0 Å². The van der Waals surface area contributed by atoms with Crippen molar-refractivity contribution in [2.75, 3.05) is 66.1 Å². The lowest BCUT2D eigenvalue weighted by molar-refractivity contribution is -0.155. The van der Waals surface area contributed by atoms with E-state index in [0.29, 0.717) is 62.4 Å². The summed E-state index contributed by atoms with van der Waals surface area (Å²) in [5.41, 5.74) is 2.63. The molecular weight excluding hydrogens is 1110 g/mol. The third-order valence-corrected chi connectivity index (χ3v) is 13.3. The van der Waals surface area contributed by atoms with E-state index in [9.17, 15) is 33.6 Å². The van der Waals surface area contributed by atoms with Gasteiger partial charge in [0.2, 0.25) is 0 Å². The number of ether oxygens (including phenoxy) is 11. The number of allylic oxidation sites excluding steroid dienone is 8. The van der Waals surface area contributed by atoms with E-state index in [-0.39, 0.29) is 106 Å². The Hall–Kier alpha value is -9.27. The molecule has 0 spiro atoms. The van der Waals surface area contributed by atoms with Crippen LogP contribution < -0.4 is 14.2 Å². The van der Waals surface area contributed by atoms with Crippen molar-refractivity contribution in [3.05, 3.63) is 188 Å². The number of hydrogen-bond donors (Lipinski definition) is 0. The van der Waals surface area contributed by atoms with Crippen LogP contribution in [0.15, 0.2) is 176 Å². The summed E-state index contributed by atoms with van der Waals surface area (Å²) in [4.78, 5) is 85.5. The largest absolute Gasteiger partial charge is 0.493 e. The zero-order valence-electron chi connectivity index (χ0n) is 47.9. The van der Waals surface area contributed by atoms with Crippen LogP contribution >= 0.6 is 0 Å². The second-order valence-corrected chi connectivity index (χ2v) is 19.5. The van der Waals surface area contributed by atoms with Crippen LogP contribution in [0.3, 0.4) is 0 Å². The summed E-state index contributed by atoms with van der Waals surface area (Å²) in [6.07, 6.45) is 23.8. The maximum absolute atomic E-state index is 13.8. The van der Waals surface area contributed by atoms with Crippen molar-refractivity contribution >= 4 is 53.7 Å². The number of nitrogens with zero attached hydrogens (tertiary/aromatic N) is 2. The van der Waals surface area contributed by atoms with Crippen LogP contribution in [0.4, 0.5) is 0 Å². The second-order valence-electron chi connectivity index (χ2n) is 19.5. The van der Waals surface area contributed by atoms with Crippen LogP contribution in [0.25, 0.3) is 0 Å². The van der Waals surface area contributed by atoms with Gasteiger partial charge in [0.25, 0.3) is 0 Å². The minimum atomic E-state index is -0.757. The monoisotopic (exact) mass is 1180 g/mol. The van der Waals surface area contributed by atoms with Gasteiger partial charge in [-0.3, -0.25) is 4.79 Å². The van der Waals surface area contributed by atoms with Gasteiger partial charge in [-0.15, -0.1) is 0 Å². The third kappa shape index (κ3) is 22.4. The fraction of sp³-hybridized carbons (Fsp3) is 0.348. The Morgan fingerprint density at radius 2 is 1.05 bits per heavy atom. The fourth-order valence-corrected chi connectivity index (χ4v) is 8.96. The summed E-state index contributed by atoms with van der Waals surface area (Å²) in [5.74, 6) is -2.47. The van der Waals surface area contributed by atoms with Gasteiger partial charge >= 0.3 is 41.8 Å². The molecule has 20 heteroatoms. The number of rotatable bonds is 38. The standard InChI is InChI=1S/C66H72N2O18/c1-5-59(69)79-36-15-13-34-76-43-52(84-63(73)33-40-81-61(71)7-3)32-39-78-50-26-24-48(25-27-50)66(75)86-58-30-21-46(41-49(58)42-67-68-64-56-19-11-9-17-54(56)55-18-10-12-20-57(55)64)31-38-82-65(74)47-22-28-51(29-23-47)83-45-53(85-62(72)8-4)44-77-35-14-16-37-80-60(70)6-2/h5-12,17-30,41-42,52-57H,1-4,13-16,31-40,43-45H2/b67-42+,68-64?. The molecule has 1 fully saturated rings. The molecule has 0 N–H and O–H groups in total. The molecule has 86 heavy (non-hydrogen) atoms. The molecule has 20 nitrogen and oxygen atoms in total. The SMILES string of the molecule is C=CC(=O)OCCCCOCC(COc1ccc(C(=O)OCCc2ccc(OC(=O)c3ccc(OCCC(COCCCCOC(=O)C=C)OC(=O)CCOC(=O)C=C)cc3)c(/C=N/N=C3C4C=CC=CC4C4C=CC=CC34)c2)cc1)OC(=O)C=C. The van der Waals surface area contributed by atoms with E-state index in [1.54, 1.807) is 72.9 Å². The average molecular weight is 1180 g/mol. The van der Waals surface area contributed by atoms with Gasteiger partial charge in [-0.2, -0.15) is 10.2 Å². The molecule has 0 radical (unpaired) electrons. The number of carbonyl (C=O) groups excluding carboxylic acids is 7. The van der Waals surface area contributed by atoms with Crippen molar-refractivity contribution in [3.63, 3.8) is 0 Å². The van der Waals surface area contributed by atoms with E-state index in [1.165, 1.54) is 0 Å². The van der Waals surface area contributed by atoms with E-state index in [1.807, 2.05) is 12.2 Å². The molecule has 6 unspecified atom stereocenters. The van der Waals surface area contributed by atoms with E-state index in [0.717, 1.165) is 35.6 Å². The number of fused-ring (bicyclic) bond motifs is 3. The summed E-state index contributed by atoms with van der Waals surface area (Å²) in [5, 5.41) is 9.34. The molecule has 0 aromatic heterocycles. The summed E-state index contributed by atoms with van der Waals surface area (Å²) in [6, 6.07) is 17.8. The zero-order chi connectivity index (χ0) is 61.3. The second kappa shape index (κ2) is 36.4. The maximum Gasteiger partial charge on any atom is 0.343 e. The Labute approximate surface area is 500 Å². The number of benzene rings is 3. The van der Waals surface area contributed by atoms with Gasteiger partial charge in [0.05, 0.1) is 69.1 Å². The highest BCUT2D eigenvalue weighted by molar-refractivity contribution is 5.97. The summed E-state index contributed by atoms with van der Waals surface area (Å²) in [6.45, 7) is 14.6. The molecule has 6 rings (SSSR count). The highest BCUT2D eigenvalue weighted by Crippen LogP contribution is 2.45. The van der Waals surface area contributed by atoms with Gasteiger partial charge in [0, 0.05) is 67.8 Å². The van der Waals surface area contributed by atoms with Crippen molar-refractivity contribution in [2.45, 2.75) is 57.2 Å². The maximum atomic E-state index is 13.8. The molecular formula is C66H72N2O18. The van der Waals surface area contributed by atoms with Crippen LogP contribution in [0.5, 0.6) is 17.2 Å². The first-order valence-electron chi connectivity index (χ1n) is 28.2. The van der Waals surface area contributed by atoms with Crippen LogP contribution in [0, 0.1) is 23.7 Å². The Kier molecular flexibility index (Phi) is 27.9. The molecule has 0 bridgehead atoms. The Morgan fingerprint density at radius 1 is 0.512 bits per heavy atom. The van der Waals surface area contributed by atoms with Crippen LogP contribution in [-0.2, 0) is 68.3 Å². The van der Waals surface area contributed by atoms with E-state index in [2.05, 4.69) is 67.9 Å². The van der Waals surface area contributed by atoms with E-state index < -0.39 is 54.0 Å². The normalized spacial score (nSPS) is 16.7. The average Bonchev–Trinajstić information content (AvgIpc) is 1.93. The first-order chi connectivity index (χ1) is 41.9. The predicted molar refractivity (Wildman–Crippen MR) is 318 cm³/mol. The molecule has 1 saturated carbocycles. The zero-order valence-corrected chi connectivity index (χ0v) is 47.9. The molecule has 3 aliphatic carbocycles. The molecule has 0 aliphatic heterocycles. The van der Waals surface area contributed by atoms with Gasteiger partial charge in [-0.05, 0) is 104 Å². The lowest BCUT2D eigenvalue weighted by atomic mass is 9.83. The Bertz CT molecular complexity index is 2970. The van der Waals surface area contributed by atoms with Crippen molar-refractivity contribution in [3.8, 4) is 17.2 Å². The molecule has 0 saturated heterocycles. The minimum absolute atomic E-state index is 0.0122. The highest BCUT2D eigenvalue weighted by Gasteiger charge is 2.45. The van der Waals surface area contributed by atoms with Gasteiger partial charge in [0.1, 0.15) is 36.6 Å². The fourth-order valence-electron chi connectivity index (χ4n) is 8.96. The molecule has 3 aromatic rings. The number of esters is 7. The van der Waals surface area contributed by atoms with Crippen molar-refractivity contribution < 1.29 is 85.7 Å². The lowest BCUT2D eigenvalue weighted by Crippen LogP contribution is -2.29. The Balaban J connectivity index is 1.05. The van der Waals surface area contributed by atoms with Gasteiger partial charge < -0.3 is 52.1 Å². The topological polar surface area (TPSA) is 246 Å². The molecule has 3 aliphatic rings. The highest BCUT2D eigenvalue weighted by atomic mass is 16.6. The van der Waals surface area contributed by atoms with Crippen molar-refractivity contribution in [1.82, 2.24) is 0 Å². The van der Waals surface area contributed by atoms with Crippen LogP contribution in [0.2, 0.25) is 0 Å². The molecule has 454 valence electrons. The first-order valence-corrected chi connectivity index (χ1v) is 28.2. The quantitative estimate of drug-likeness (QED) is 0.00987. The van der Waals surface area contributed by atoms with Crippen LogP contribution in [0.1, 0.15) is 70.4 Å². The third-order valence-electron chi connectivity index (χ3n) is 13.3. The molecule has 3 aromatic carbocycles. The van der Waals surface area contributed by atoms with Crippen molar-refractivity contribution in [1.29, 1.82) is 0 Å². The molecule has 0 amide bonds. The number of hydrogen-bond acceptors (Lipinski definition) is 20. The smallest absolute Gasteiger partial charge is 0.343 e.